The molecule has 1 amide bonds. The Bertz CT molecular complexity index is 837. The lowest BCUT2D eigenvalue weighted by Crippen LogP contribution is -2.36. The topological polar surface area (TPSA) is 74.8 Å². The molecule has 0 heterocycles. The van der Waals surface area contributed by atoms with Crippen LogP contribution in [0.3, 0.4) is 0 Å². The number of rotatable bonds is 8. The first-order valence-electron chi connectivity index (χ1n) is 9.32. The number of aliphatic imine (C=N–C) groups is 1. The minimum absolute atomic E-state index is 0.0181. The number of guanidine groups is 1. The molecule has 1 aliphatic rings. The van der Waals surface area contributed by atoms with Crippen molar-refractivity contribution < 1.29 is 13.9 Å². The molecule has 0 radical (unpaired) electrons. The van der Waals surface area contributed by atoms with Crippen molar-refractivity contribution in [2.75, 3.05) is 13.7 Å². The molecule has 0 aliphatic heterocycles. The SMILES string of the molecule is CN=C(NCc1cccc(F)c1)NCc1cccc(OCC(=O)NC2CC2)c1. The van der Waals surface area contributed by atoms with Crippen molar-refractivity contribution >= 4 is 11.9 Å². The van der Waals surface area contributed by atoms with Gasteiger partial charge in [0.25, 0.3) is 5.91 Å². The summed E-state index contributed by atoms with van der Waals surface area (Å²) in [7, 11) is 1.68. The first-order chi connectivity index (χ1) is 13.6. The summed E-state index contributed by atoms with van der Waals surface area (Å²) in [6, 6.07) is 14.3. The van der Waals surface area contributed by atoms with Crippen LogP contribution in [-0.4, -0.2) is 31.6 Å². The number of benzene rings is 2. The highest BCUT2D eigenvalue weighted by Gasteiger charge is 2.23. The molecule has 3 N–H and O–H groups in total. The van der Waals surface area contributed by atoms with Crippen LogP contribution in [0.4, 0.5) is 4.39 Å². The third-order valence-corrected chi connectivity index (χ3v) is 4.24. The second-order valence-electron chi connectivity index (χ2n) is 6.69. The largest absolute Gasteiger partial charge is 0.484 e. The van der Waals surface area contributed by atoms with E-state index in [0.29, 0.717) is 30.8 Å². The van der Waals surface area contributed by atoms with E-state index >= 15 is 0 Å². The van der Waals surface area contributed by atoms with Crippen LogP contribution < -0.4 is 20.7 Å². The number of ether oxygens (including phenoxy) is 1. The summed E-state index contributed by atoms with van der Waals surface area (Å²) in [5.74, 6) is 0.908. The Morgan fingerprint density at radius 3 is 2.43 bits per heavy atom. The molecule has 1 fully saturated rings. The Hall–Kier alpha value is -3.09. The number of amides is 1. The third kappa shape index (κ3) is 6.57. The standard InChI is InChI=1S/C21H25FN4O2/c1-23-21(24-12-15-4-2-6-17(22)10-15)25-13-16-5-3-7-19(11-16)28-14-20(27)26-18-8-9-18/h2-7,10-11,18H,8-9,12-14H2,1H3,(H,26,27)(H2,23,24,25). The van der Waals surface area contributed by atoms with E-state index < -0.39 is 0 Å². The zero-order valence-electron chi connectivity index (χ0n) is 15.9. The van der Waals surface area contributed by atoms with Crippen LogP contribution in [0, 0.1) is 5.82 Å². The van der Waals surface area contributed by atoms with E-state index in [1.165, 1.54) is 12.1 Å². The molecule has 6 nitrogen and oxygen atoms in total. The van der Waals surface area contributed by atoms with Crippen molar-refractivity contribution in [3.05, 3.63) is 65.5 Å². The van der Waals surface area contributed by atoms with Crippen LogP contribution in [0.5, 0.6) is 5.75 Å². The molecule has 0 spiro atoms. The van der Waals surface area contributed by atoms with Crippen LogP contribution in [0.25, 0.3) is 0 Å². The van der Waals surface area contributed by atoms with Crippen LogP contribution in [0.1, 0.15) is 24.0 Å². The van der Waals surface area contributed by atoms with Crippen molar-refractivity contribution in [1.82, 2.24) is 16.0 Å². The van der Waals surface area contributed by atoms with E-state index in [0.717, 1.165) is 24.0 Å². The van der Waals surface area contributed by atoms with E-state index in [-0.39, 0.29) is 18.3 Å². The fraction of sp³-hybridized carbons (Fsp3) is 0.333. The van der Waals surface area contributed by atoms with Gasteiger partial charge in [-0.15, -0.1) is 0 Å². The summed E-state index contributed by atoms with van der Waals surface area (Å²) < 4.78 is 18.8. The second-order valence-corrected chi connectivity index (χ2v) is 6.69. The van der Waals surface area contributed by atoms with E-state index in [9.17, 15) is 9.18 Å². The van der Waals surface area contributed by atoms with Gasteiger partial charge in [0.15, 0.2) is 12.6 Å². The van der Waals surface area contributed by atoms with Gasteiger partial charge in [0.2, 0.25) is 0 Å². The Morgan fingerprint density at radius 1 is 1.11 bits per heavy atom. The van der Waals surface area contributed by atoms with E-state index in [4.69, 9.17) is 4.74 Å². The number of nitrogens with zero attached hydrogens (tertiary/aromatic N) is 1. The lowest BCUT2D eigenvalue weighted by Gasteiger charge is -2.13. The van der Waals surface area contributed by atoms with Crippen molar-refractivity contribution in [2.24, 2.45) is 4.99 Å². The third-order valence-electron chi connectivity index (χ3n) is 4.24. The molecule has 0 atom stereocenters. The van der Waals surface area contributed by atoms with E-state index in [1.807, 2.05) is 30.3 Å². The molecule has 7 heteroatoms. The van der Waals surface area contributed by atoms with Gasteiger partial charge in [-0.05, 0) is 48.2 Å². The lowest BCUT2D eigenvalue weighted by molar-refractivity contribution is -0.123. The van der Waals surface area contributed by atoms with Gasteiger partial charge in [0, 0.05) is 26.2 Å². The highest BCUT2D eigenvalue weighted by Crippen LogP contribution is 2.18. The number of carbonyl (C=O) groups is 1. The first-order valence-corrected chi connectivity index (χ1v) is 9.32. The predicted octanol–water partition coefficient (Wildman–Crippen LogP) is 2.35. The van der Waals surface area contributed by atoms with Gasteiger partial charge < -0.3 is 20.7 Å². The molecule has 1 saturated carbocycles. The van der Waals surface area contributed by atoms with E-state index in [2.05, 4.69) is 20.9 Å². The Labute approximate surface area is 164 Å². The zero-order chi connectivity index (χ0) is 19.8. The number of hydrogen-bond donors (Lipinski definition) is 3. The average molecular weight is 384 g/mol. The number of carbonyl (C=O) groups excluding carboxylic acids is 1. The molecule has 0 saturated heterocycles. The van der Waals surface area contributed by atoms with Crippen molar-refractivity contribution in [3.8, 4) is 5.75 Å². The lowest BCUT2D eigenvalue weighted by atomic mass is 10.2. The summed E-state index contributed by atoms with van der Waals surface area (Å²) >= 11 is 0. The molecule has 1 aliphatic carbocycles. The normalized spacial score (nSPS) is 13.7. The second kappa shape index (κ2) is 9.73. The molecular formula is C21H25FN4O2. The quantitative estimate of drug-likeness (QED) is 0.482. The number of halogens is 1. The molecule has 3 rings (SSSR count). The highest BCUT2D eigenvalue weighted by molar-refractivity contribution is 5.79. The van der Waals surface area contributed by atoms with Crippen LogP contribution >= 0.6 is 0 Å². The van der Waals surface area contributed by atoms with Crippen molar-refractivity contribution in [3.63, 3.8) is 0 Å². The Morgan fingerprint density at radius 2 is 1.79 bits per heavy atom. The number of hydrogen-bond acceptors (Lipinski definition) is 3. The molecular weight excluding hydrogens is 359 g/mol. The summed E-state index contributed by atoms with van der Waals surface area (Å²) in [5.41, 5.74) is 1.83. The maximum atomic E-state index is 13.2. The molecule has 148 valence electrons. The Kier molecular flexibility index (Phi) is 6.84. The van der Waals surface area contributed by atoms with Crippen molar-refractivity contribution in [1.29, 1.82) is 0 Å². The maximum Gasteiger partial charge on any atom is 0.258 e. The molecule has 0 bridgehead atoms. The first kappa shape index (κ1) is 19.7. The van der Waals surface area contributed by atoms with Crippen LogP contribution in [0.15, 0.2) is 53.5 Å². The van der Waals surface area contributed by atoms with Crippen LogP contribution in [-0.2, 0) is 17.9 Å². The van der Waals surface area contributed by atoms with Crippen molar-refractivity contribution in [2.45, 2.75) is 32.0 Å². The predicted molar refractivity (Wildman–Crippen MR) is 107 cm³/mol. The zero-order valence-corrected chi connectivity index (χ0v) is 15.9. The number of nitrogens with one attached hydrogen (secondary N) is 3. The Balaban J connectivity index is 1.45. The summed E-state index contributed by atoms with van der Waals surface area (Å²) in [6.07, 6.45) is 2.11. The summed E-state index contributed by atoms with van der Waals surface area (Å²) in [4.78, 5) is 15.9. The van der Waals surface area contributed by atoms with Gasteiger partial charge >= 0.3 is 0 Å². The fourth-order valence-electron chi connectivity index (χ4n) is 2.63. The van der Waals surface area contributed by atoms with Gasteiger partial charge in [0.1, 0.15) is 11.6 Å². The van der Waals surface area contributed by atoms with Gasteiger partial charge in [0.05, 0.1) is 0 Å². The monoisotopic (exact) mass is 384 g/mol. The fourth-order valence-corrected chi connectivity index (χ4v) is 2.63. The molecule has 2 aromatic rings. The summed E-state index contributed by atoms with van der Waals surface area (Å²) in [6.45, 7) is 1.02. The maximum absolute atomic E-state index is 13.2. The molecule has 2 aromatic carbocycles. The van der Waals surface area contributed by atoms with Gasteiger partial charge in [-0.1, -0.05) is 24.3 Å². The van der Waals surface area contributed by atoms with Crippen LogP contribution in [0.2, 0.25) is 0 Å². The molecule has 0 aromatic heterocycles. The summed E-state index contributed by atoms with van der Waals surface area (Å²) in [5, 5.41) is 9.25. The molecule has 28 heavy (non-hydrogen) atoms. The van der Waals surface area contributed by atoms with E-state index in [1.54, 1.807) is 13.1 Å². The van der Waals surface area contributed by atoms with Gasteiger partial charge in [-0.25, -0.2) is 4.39 Å². The highest BCUT2D eigenvalue weighted by atomic mass is 19.1. The molecule has 0 unspecified atom stereocenters. The average Bonchev–Trinajstić information content (AvgIpc) is 3.51. The van der Waals surface area contributed by atoms with Gasteiger partial charge in [-0.3, -0.25) is 9.79 Å². The van der Waals surface area contributed by atoms with Gasteiger partial charge in [-0.2, -0.15) is 0 Å². The smallest absolute Gasteiger partial charge is 0.258 e. The minimum atomic E-state index is -0.259. The minimum Gasteiger partial charge on any atom is -0.484 e.